The van der Waals surface area contributed by atoms with Crippen LogP contribution in [0.15, 0.2) is 60.8 Å². The van der Waals surface area contributed by atoms with Crippen LogP contribution in [-0.2, 0) is 4.79 Å². The summed E-state index contributed by atoms with van der Waals surface area (Å²) < 4.78 is 1.89. The Hall–Kier alpha value is -4.43. The fourth-order valence-corrected chi connectivity index (χ4v) is 5.15. The molecule has 2 aromatic heterocycles. The number of nitrogens with zero attached hydrogens (tertiary/aromatic N) is 3. The fourth-order valence-electron chi connectivity index (χ4n) is 5.15. The first kappa shape index (κ1) is 26.2. The zero-order valence-electron chi connectivity index (χ0n) is 22.8. The van der Waals surface area contributed by atoms with Crippen LogP contribution < -0.4 is 10.6 Å². The van der Waals surface area contributed by atoms with Crippen LogP contribution in [0.2, 0.25) is 0 Å². The number of hydrogen-bond acceptors (Lipinski definition) is 4. The number of fused-ring (bicyclic) bond motifs is 1. The Morgan fingerprint density at radius 1 is 1.08 bits per heavy atom. The van der Waals surface area contributed by atoms with Crippen LogP contribution in [0, 0.1) is 13.8 Å². The number of benzene rings is 2. The number of H-pyrrole nitrogens is 1. The van der Waals surface area contributed by atoms with Gasteiger partial charge in [0.1, 0.15) is 0 Å². The zero-order chi connectivity index (χ0) is 27.5. The standard InChI is InChI=1S/C31H34N6O2/c1-5-36(6-2)17-16-32-31(39)29-20(3)27(34-21(29)4)19-25-24-18-22(12-13-26(24)35-30(25)38)28-14-15-33-37(28)23-10-8-7-9-11-23/h7-15,18-19,34H,5-6,16-17H2,1-4H3,(H,32,39)(H,35,38)/b25-19-. The summed E-state index contributed by atoms with van der Waals surface area (Å²) in [5, 5.41) is 10.5. The van der Waals surface area contributed by atoms with Crippen molar-refractivity contribution in [2.45, 2.75) is 27.7 Å². The van der Waals surface area contributed by atoms with E-state index in [-0.39, 0.29) is 11.8 Å². The first-order valence-corrected chi connectivity index (χ1v) is 13.4. The first-order valence-electron chi connectivity index (χ1n) is 13.4. The van der Waals surface area contributed by atoms with Gasteiger partial charge in [-0.2, -0.15) is 5.10 Å². The van der Waals surface area contributed by atoms with Gasteiger partial charge in [-0.05, 0) is 68.9 Å². The topological polar surface area (TPSA) is 95.1 Å². The average Bonchev–Trinajstić information content (AvgIpc) is 3.63. The molecule has 2 aromatic carbocycles. The van der Waals surface area contributed by atoms with E-state index in [4.69, 9.17) is 0 Å². The molecule has 200 valence electrons. The molecule has 0 atom stereocenters. The second-order valence-electron chi connectivity index (χ2n) is 9.68. The van der Waals surface area contributed by atoms with Gasteiger partial charge in [-0.15, -0.1) is 0 Å². The highest BCUT2D eigenvalue weighted by molar-refractivity contribution is 6.35. The van der Waals surface area contributed by atoms with E-state index in [9.17, 15) is 9.59 Å². The minimum Gasteiger partial charge on any atom is -0.358 e. The molecule has 0 radical (unpaired) electrons. The number of aryl methyl sites for hydroxylation is 1. The van der Waals surface area contributed by atoms with Crippen LogP contribution in [0.4, 0.5) is 5.69 Å². The Bertz CT molecular complexity index is 1540. The van der Waals surface area contributed by atoms with Gasteiger partial charge in [0, 0.05) is 41.3 Å². The van der Waals surface area contributed by atoms with Crippen molar-refractivity contribution in [3.05, 3.63) is 88.9 Å². The summed E-state index contributed by atoms with van der Waals surface area (Å²) in [4.78, 5) is 31.6. The molecule has 0 saturated carbocycles. The van der Waals surface area contributed by atoms with Gasteiger partial charge in [0.2, 0.25) is 0 Å². The van der Waals surface area contributed by atoms with Crippen molar-refractivity contribution in [3.63, 3.8) is 0 Å². The second kappa shape index (κ2) is 11.1. The number of likely N-dealkylation sites (N-methyl/N-ethyl adjacent to an activating group) is 1. The number of aromatic nitrogens is 3. The van der Waals surface area contributed by atoms with Crippen molar-refractivity contribution in [1.29, 1.82) is 0 Å². The molecule has 1 aliphatic heterocycles. The third-order valence-corrected chi connectivity index (χ3v) is 7.34. The van der Waals surface area contributed by atoms with Gasteiger partial charge in [-0.3, -0.25) is 9.59 Å². The van der Waals surface area contributed by atoms with E-state index in [1.54, 1.807) is 6.20 Å². The van der Waals surface area contributed by atoms with E-state index in [0.717, 1.165) is 64.8 Å². The number of hydrogen-bond donors (Lipinski definition) is 3. The Morgan fingerprint density at radius 3 is 2.59 bits per heavy atom. The predicted octanol–water partition coefficient (Wildman–Crippen LogP) is 5.05. The molecule has 3 heterocycles. The van der Waals surface area contributed by atoms with Gasteiger partial charge in [0.05, 0.1) is 28.7 Å². The number of carbonyl (C=O) groups is 2. The Morgan fingerprint density at radius 2 is 1.85 bits per heavy atom. The number of para-hydroxylation sites is 1. The van der Waals surface area contributed by atoms with E-state index in [1.165, 1.54) is 0 Å². The van der Waals surface area contributed by atoms with Gasteiger partial charge < -0.3 is 20.5 Å². The Balaban J connectivity index is 1.44. The quantitative estimate of drug-likeness (QED) is 0.268. The molecule has 8 heteroatoms. The number of amides is 2. The maximum atomic E-state index is 13.0. The molecular formula is C31H34N6O2. The molecular weight excluding hydrogens is 488 g/mol. The number of carbonyl (C=O) groups excluding carboxylic acids is 2. The van der Waals surface area contributed by atoms with Gasteiger partial charge in [0.25, 0.3) is 11.8 Å². The SMILES string of the molecule is CCN(CC)CCNC(=O)c1c(C)[nH]c(/C=C2\C(=O)Nc3ccc(-c4ccnn4-c4ccccc4)cc32)c1C. The van der Waals surface area contributed by atoms with E-state index < -0.39 is 0 Å². The summed E-state index contributed by atoms with van der Waals surface area (Å²) in [6, 6.07) is 17.8. The monoisotopic (exact) mass is 522 g/mol. The Kier molecular flexibility index (Phi) is 7.47. The maximum absolute atomic E-state index is 13.0. The number of rotatable bonds is 9. The highest BCUT2D eigenvalue weighted by Gasteiger charge is 2.26. The lowest BCUT2D eigenvalue weighted by Crippen LogP contribution is -2.35. The molecule has 5 rings (SSSR count). The minimum atomic E-state index is -0.171. The van der Waals surface area contributed by atoms with Gasteiger partial charge in [0.15, 0.2) is 0 Å². The smallest absolute Gasteiger partial charge is 0.256 e. The first-order chi connectivity index (χ1) is 18.9. The van der Waals surface area contributed by atoms with Crippen LogP contribution in [0.5, 0.6) is 0 Å². The predicted molar refractivity (Wildman–Crippen MR) is 156 cm³/mol. The molecule has 2 amide bonds. The average molecular weight is 523 g/mol. The van der Waals surface area contributed by atoms with E-state index in [1.807, 2.05) is 79.2 Å². The highest BCUT2D eigenvalue weighted by atomic mass is 16.2. The number of nitrogens with one attached hydrogen (secondary N) is 3. The third kappa shape index (κ3) is 5.15. The van der Waals surface area contributed by atoms with Crippen LogP contribution in [0.3, 0.4) is 0 Å². The summed E-state index contributed by atoms with van der Waals surface area (Å²) in [7, 11) is 0. The molecule has 0 unspecified atom stereocenters. The lowest BCUT2D eigenvalue weighted by atomic mass is 10.0. The van der Waals surface area contributed by atoms with Crippen molar-refractivity contribution in [1.82, 2.24) is 25.0 Å². The summed E-state index contributed by atoms with van der Waals surface area (Å²) in [5.74, 6) is -0.276. The van der Waals surface area contributed by atoms with Gasteiger partial charge in [-0.25, -0.2) is 4.68 Å². The summed E-state index contributed by atoms with van der Waals surface area (Å²) in [6.07, 6.45) is 3.61. The lowest BCUT2D eigenvalue weighted by Gasteiger charge is -2.18. The van der Waals surface area contributed by atoms with Gasteiger partial charge >= 0.3 is 0 Å². The number of aromatic amines is 1. The van der Waals surface area contributed by atoms with Crippen molar-refractivity contribution < 1.29 is 9.59 Å². The zero-order valence-corrected chi connectivity index (χ0v) is 22.8. The van der Waals surface area contributed by atoms with Crippen LogP contribution in [0.25, 0.3) is 28.6 Å². The second-order valence-corrected chi connectivity index (χ2v) is 9.68. The van der Waals surface area contributed by atoms with E-state index >= 15 is 0 Å². The molecule has 0 fully saturated rings. The maximum Gasteiger partial charge on any atom is 0.256 e. The normalized spacial score (nSPS) is 13.7. The Labute approximate surface area is 228 Å². The largest absolute Gasteiger partial charge is 0.358 e. The molecule has 39 heavy (non-hydrogen) atoms. The molecule has 0 spiro atoms. The molecule has 3 N–H and O–H groups in total. The molecule has 8 nitrogen and oxygen atoms in total. The molecule has 0 bridgehead atoms. The summed E-state index contributed by atoms with van der Waals surface area (Å²) in [6.45, 7) is 11.3. The lowest BCUT2D eigenvalue weighted by molar-refractivity contribution is -0.110. The highest BCUT2D eigenvalue weighted by Crippen LogP contribution is 2.37. The van der Waals surface area contributed by atoms with Crippen LogP contribution in [-0.4, -0.2) is 57.7 Å². The number of anilines is 1. The van der Waals surface area contributed by atoms with Crippen molar-refractivity contribution in [3.8, 4) is 16.9 Å². The van der Waals surface area contributed by atoms with Crippen molar-refractivity contribution in [2.24, 2.45) is 0 Å². The summed E-state index contributed by atoms with van der Waals surface area (Å²) in [5.41, 5.74) is 7.94. The fraction of sp³-hybridized carbons (Fsp3) is 0.258. The summed E-state index contributed by atoms with van der Waals surface area (Å²) >= 11 is 0. The van der Waals surface area contributed by atoms with E-state index in [2.05, 4.69) is 39.5 Å². The molecule has 0 saturated heterocycles. The van der Waals surface area contributed by atoms with E-state index in [0.29, 0.717) is 17.7 Å². The molecule has 0 aliphatic carbocycles. The van der Waals surface area contributed by atoms with Crippen LogP contribution >= 0.6 is 0 Å². The van der Waals surface area contributed by atoms with Crippen LogP contribution in [0.1, 0.15) is 46.7 Å². The van der Waals surface area contributed by atoms with Crippen molar-refractivity contribution >= 4 is 29.2 Å². The molecule has 4 aromatic rings. The van der Waals surface area contributed by atoms with Gasteiger partial charge in [-0.1, -0.05) is 38.1 Å². The van der Waals surface area contributed by atoms with Crippen molar-refractivity contribution in [2.75, 3.05) is 31.5 Å². The minimum absolute atomic E-state index is 0.106. The third-order valence-electron chi connectivity index (χ3n) is 7.34. The molecule has 1 aliphatic rings.